The summed E-state index contributed by atoms with van der Waals surface area (Å²) in [4.78, 5) is 18.5. The fraction of sp³-hybridized carbons (Fsp3) is 0.528. The van der Waals surface area contributed by atoms with Gasteiger partial charge in [-0.25, -0.2) is 8.78 Å². The van der Waals surface area contributed by atoms with Crippen molar-refractivity contribution in [3.05, 3.63) is 47.7 Å². The molecular weight excluding hydrogens is 604 g/mol. The van der Waals surface area contributed by atoms with E-state index in [2.05, 4.69) is 21.9 Å². The Morgan fingerprint density at radius 3 is 2.72 bits per heavy atom. The molecule has 2 aromatic carbocycles. The second kappa shape index (κ2) is 12.4. The second-order valence-corrected chi connectivity index (χ2v) is 14.0. The first-order valence-corrected chi connectivity index (χ1v) is 16.6. The quantitative estimate of drug-likeness (QED) is 0.216. The van der Waals surface area contributed by atoms with Gasteiger partial charge in [0.1, 0.15) is 28.6 Å². The number of piperidine rings is 1. The van der Waals surface area contributed by atoms with Gasteiger partial charge < -0.3 is 29.1 Å². The Hall–Kier alpha value is -3.67. The molecule has 4 aromatic rings. The molecule has 1 saturated carbocycles. The highest BCUT2D eigenvalue weighted by molar-refractivity contribution is 6.01. The number of ether oxygens (including phenoxy) is 3. The normalized spacial score (nSPS) is 24.7. The summed E-state index contributed by atoms with van der Waals surface area (Å²) >= 11 is 0. The third-order valence-electron chi connectivity index (χ3n) is 10.2. The molecule has 0 amide bonds. The molecule has 3 fully saturated rings. The maximum atomic E-state index is 17.0. The van der Waals surface area contributed by atoms with Gasteiger partial charge >= 0.3 is 6.01 Å². The molecule has 2 unspecified atom stereocenters. The van der Waals surface area contributed by atoms with Crippen LogP contribution in [-0.2, 0) is 11.2 Å². The number of benzene rings is 2. The smallest absolute Gasteiger partial charge is 0.319 e. The van der Waals surface area contributed by atoms with Crippen LogP contribution in [0.3, 0.4) is 0 Å². The number of rotatable bonds is 9. The summed E-state index contributed by atoms with van der Waals surface area (Å²) in [5, 5.41) is 12.6. The zero-order chi connectivity index (χ0) is 32.9. The molecule has 250 valence electrons. The van der Waals surface area contributed by atoms with Crippen LogP contribution in [-0.4, -0.2) is 84.3 Å². The molecule has 3 aliphatic rings. The summed E-state index contributed by atoms with van der Waals surface area (Å²) in [5.41, 5.74) is 0.0751. The second-order valence-electron chi connectivity index (χ2n) is 14.0. The van der Waals surface area contributed by atoms with Crippen molar-refractivity contribution in [2.45, 2.75) is 58.0 Å². The first-order chi connectivity index (χ1) is 22.6. The van der Waals surface area contributed by atoms with E-state index < -0.39 is 11.4 Å². The van der Waals surface area contributed by atoms with Gasteiger partial charge in [0.25, 0.3) is 0 Å². The number of methoxy groups -OCH3 is 1. The number of aromatic nitrogens is 3. The predicted octanol–water partition coefficient (Wildman–Crippen LogP) is 6.13. The molecule has 1 aliphatic carbocycles. The third-order valence-corrected chi connectivity index (χ3v) is 10.2. The number of hydrogen-bond donors (Lipinski definition) is 1. The maximum absolute atomic E-state index is 17.0. The molecule has 2 saturated heterocycles. The Labute approximate surface area is 273 Å². The molecule has 4 heterocycles. The van der Waals surface area contributed by atoms with Crippen molar-refractivity contribution < 1.29 is 28.1 Å². The van der Waals surface area contributed by atoms with E-state index in [1.54, 1.807) is 31.3 Å². The summed E-state index contributed by atoms with van der Waals surface area (Å²) in [6.45, 7) is 7.11. The number of hydrogen-bond acceptors (Lipinski definition) is 9. The fourth-order valence-corrected chi connectivity index (χ4v) is 7.84. The van der Waals surface area contributed by atoms with Crippen molar-refractivity contribution in [3.63, 3.8) is 0 Å². The minimum Gasteiger partial charge on any atom is -0.468 e. The van der Waals surface area contributed by atoms with E-state index in [9.17, 15) is 5.11 Å². The number of fused-ring (bicyclic) bond motifs is 3. The number of likely N-dealkylation sites (tertiary alicyclic amines) is 1. The van der Waals surface area contributed by atoms with Gasteiger partial charge in [0, 0.05) is 43.9 Å². The predicted molar refractivity (Wildman–Crippen MR) is 177 cm³/mol. The number of β-amino-alcohol motifs (C(OH)–C–C–N with tert-alkyl or cyclic N) is 1. The van der Waals surface area contributed by atoms with Crippen LogP contribution in [0.2, 0.25) is 0 Å². The highest BCUT2D eigenvalue weighted by Gasteiger charge is 2.55. The highest BCUT2D eigenvalue weighted by Crippen LogP contribution is 2.56. The molecule has 1 N–H and O–H groups in total. The SMILES string of the molecule is CCc1c(F)ccc2cc(OCOC)cc(-c3ncc4c(N5CCC[C@@](C)(O)C5)nc(OCC56CC5CCCN(C)C6)nc4c3F)c12. The summed E-state index contributed by atoms with van der Waals surface area (Å²) in [6, 6.07) is 6.65. The van der Waals surface area contributed by atoms with Crippen LogP contribution in [0.25, 0.3) is 32.9 Å². The lowest BCUT2D eigenvalue weighted by atomic mass is 9.94. The Bertz CT molecular complexity index is 1820. The molecule has 2 aromatic heterocycles. The van der Waals surface area contributed by atoms with Gasteiger partial charge in [-0.1, -0.05) is 13.0 Å². The van der Waals surface area contributed by atoms with Crippen LogP contribution in [0.5, 0.6) is 11.8 Å². The van der Waals surface area contributed by atoms with Crippen LogP contribution >= 0.6 is 0 Å². The molecule has 9 nitrogen and oxygen atoms in total. The largest absolute Gasteiger partial charge is 0.468 e. The van der Waals surface area contributed by atoms with Crippen molar-refractivity contribution >= 4 is 27.5 Å². The molecule has 3 atom stereocenters. The number of nitrogens with zero attached hydrogens (tertiary/aromatic N) is 5. The van der Waals surface area contributed by atoms with Gasteiger partial charge in [0.15, 0.2) is 12.6 Å². The monoisotopic (exact) mass is 647 g/mol. The van der Waals surface area contributed by atoms with Gasteiger partial charge in [-0.2, -0.15) is 9.97 Å². The van der Waals surface area contributed by atoms with Crippen LogP contribution in [0, 0.1) is 23.0 Å². The van der Waals surface area contributed by atoms with Crippen LogP contribution in [0.4, 0.5) is 14.6 Å². The van der Waals surface area contributed by atoms with E-state index in [1.165, 1.54) is 26.0 Å². The highest BCUT2D eigenvalue weighted by atomic mass is 19.1. The number of anilines is 1. The van der Waals surface area contributed by atoms with Crippen molar-refractivity contribution in [2.24, 2.45) is 11.3 Å². The fourth-order valence-electron chi connectivity index (χ4n) is 7.84. The van der Waals surface area contributed by atoms with Crippen LogP contribution in [0.15, 0.2) is 30.5 Å². The van der Waals surface area contributed by atoms with E-state index in [0.717, 1.165) is 25.9 Å². The lowest BCUT2D eigenvalue weighted by Crippen LogP contribution is -2.46. The molecule has 2 aliphatic heterocycles. The van der Waals surface area contributed by atoms with E-state index in [4.69, 9.17) is 19.2 Å². The Kier molecular flexibility index (Phi) is 8.42. The molecule has 11 heteroatoms. The van der Waals surface area contributed by atoms with E-state index in [-0.39, 0.29) is 35.2 Å². The minimum absolute atomic E-state index is 0.00452. The molecule has 0 spiro atoms. The zero-order valence-corrected chi connectivity index (χ0v) is 27.6. The molecule has 0 bridgehead atoms. The molecular formula is C36H43F2N5O4. The van der Waals surface area contributed by atoms with Crippen molar-refractivity contribution in [2.75, 3.05) is 58.6 Å². The third kappa shape index (κ3) is 6.09. The van der Waals surface area contributed by atoms with E-state index >= 15 is 8.78 Å². The molecule has 47 heavy (non-hydrogen) atoms. The number of aliphatic hydroxyl groups is 1. The Balaban J connectivity index is 1.37. The van der Waals surface area contributed by atoms with E-state index in [1.807, 2.05) is 11.8 Å². The summed E-state index contributed by atoms with van der Waals surface area (Å²) in [5.74, 6) is 0.499. The van der Waals surface area contributed by atoms with E-state index in [0.29, 0.717) is 77.3 Å². The zero-order valence-electron chi connectivity index (χ0n) is 27.6. The Morgan fingerprint density at radius 1 is 1.09 bits per heavy atom. The van der Waals surface area contributed by atoms with Gasteiger partial charge in [-0.3, -0.25) is 4.98 Å². The lowest BCUT2D eigenvalue weighted by molar-refractivity contribution is 0.0447. The van der Waals surface area contributed by atoms with Crippen LogP contribution < -0.4 is 14.4 Å². The summed E-state index contributed by atoms with van der Waals surface area (Å²) < 4.78 is 49.4. The van der Waals surface area contributed by atoms with Crippen molar-refractivity contribution in [1.29, 1.82) is 0 Å². The molecule has 0 radical (unpaired) electrons. The van der Waals surface area contributed by atoms with Crippen LogP contribution in [0.1, 0.15) is 51.5 Å². The van der Waals surface area contributed by atoms with Gasteiger partial charge in [-0.05, 0) is 99.5 Å². The van der Waals surface area contributed by atoms with Gasteiger partial charge in [-0.15, -0.1) is 0 Å². The average molecular weight is 648 g/mol. The van der Waals surface area contributed by atoms with Gasteiger partial charge in [0.2, 0.25) is 0 Å². The average Bonchev–Trinajstić information content (AvgIpc) is 3.75. The maximum Gasteiger partial charge on any atom is 0.319 e. The number of aryl methyl sites for hydroxylation is 1. The number of pyridine rings is 1. The van der Waals surface area contributed by atoms with Crippen molar-refractivity contribution in [1.82, 2.24) is 19.9 Å². The Morgan fingerprint density at radius 2 is 1.94 bits per heavy atom. The summed E-state index contributed by atoms with van der Waals surface area (Å²) in [7, 11) is 3.67. The molecule has 7 rings (SSSR count). The van der Waals surface area contributed by atoms with Gasteiger partial charge in [0.05, 0.1) is 17.6 Å². The summed E-state index contributed by atoms with van der Waals surface area (Å²) in [6.07, 6.45) is 6.84. The minimum atomic E-state index is -0.921. The topological polar surface area (TPSA) is 93.1 Å². The standard InChI is InChI=1S/C36H43F2N5O4/c1-5-25-28(37)10-9-22-14-24(47-21-45-4)15-26(29(22)25)31-30(38)32-27(17-39-31)33(43-13-7-11-35(2,44)18-43)41-34(40-32)46-20-36-16-23(36)8-6-12-42(3)19-36/h9-10,14-15,17,23,44H,5-8,11-13,16,18-21H2,1-4H3/t23?,35-,36?/m1/s1. The number of halogens is 2. The lowest BCUT2D eigenvalue weighted by Gasteiger charge is -2.37. The van der Waals surface area contributed by atoms with Crippen molar-refractivity contribution in [3.8, 4) is 23.0 Å². The first-order valence-electron chi connectivity index (χ1n) is 16.6. The first kappa shape index (κ1) is 31.9.